The number of amides is 2. The number of hydrogen-bond acceptors (Lipinski definition) is 10. The van der Waals surface area contributed by atoms with E-state index in [9.17, 15) is 29.1 Å². The van der Waals surface area contributed by atoms with Crippen LogP contribution in [-0.4, -0.2) is 89.2 Å². The number of aromatic amines is 1. The van der Waals surface area contributed by atoms with Crippen molar-refractivity contribution >= 4 is 47.1 Å². The Morgan fingerprint density at radius 2 is 1.64 bits per heavy atom. The van der Waals surface area contributed by atoms with E-state index in [0.29, 0.717) is 45.9 Å². The molecule has 44 heavy (non-hydrogen) atoms. The summed E-state index contributed by atoms with van der Waals surface area (Å²) in [4.78, 5) is 67.6. The summed E-state index contributed by atoms with van der Waals surface area (Å²) in [5.41, 5.74) is 3.71. The second-order valence-electron chi connectivity index (χ2n) is 10.4. The number of anilines is 1. The molecule has 13 nitrogen and oxygen atoms in total. The topological polar surface area (TPSA) is 176 Å². The maximum absolute atomic E-state index is 13.0. The van der Waals surface area contributed by atoms with Crippen LogP contribution in [0.5, 0.6) is 5.75 Å². The molecule has 3 atom stereocenters. The summed E-state index contributed by atoms with van der Waals surface area (Å²) in [6, 6.07) is 4.56. The molecule has 3 rings (SSSR count). The predicted octanol–water partition coefficient (Wildman–Crippen LogP) is 2.35. The molecule has 2 amide bonds. The van der Waals surface area contributed by atoms with Gasteiger partial charge in [-0.2, -0.15) is 0 Å². The summed E-state index contributed by atoms with van der Waals surface area (Å²) < 4.78 is 15.2. The number of nitrogens with one attached hydrogen (secondary N) is 3. The Bertz CT molecular complexity index is 1460. The highest BCUT2D eigenvalue weighted by Crippen LogP contribution is 2.36. The van der Waals surface area contributed by atoms with Crippen LogP contribution in [0.25, 0.3) is 11.6 Å². The third-order valence-electron chi connectivity index (χ3n) is 7.18. The molecule has 0 fully saturated rings. The van der Waals surface area contributed by atoms with E-state index in [2.05, 4.69) is 34.4 Å². The maximum Gasteiger partial charge on any atom is 0.352 e. The van der Waals surface area contributed by atoms with Gasteiger partial charge in [0.15, 0.2) is 12.2 Å². The van der Waals surface area contributed by atoms with Crippen LogP contribution in [0, 0.1) is 13.8 Å². The summed E-state index contributed by atoms with van der Waals surface area (Å²) >= 11 is 0. The van der Waals surface area contributed by atoms with Crippen LogP contribution >= 0.6 is 0 Å². The van der Waals surface area contributed by atoms with Crippen molar-refractivity contribution in [2.24, 2.45) is 0 Å². The third kappa shape index (κ3) is 8.11. The van der Waals surface area contributed by atoms with Crippen LogP contribution in [0.2, 0.25) is 0 Å². The number of rotatable bonds is 13. The summed E-state index contributed by atoms with van der Waals surface area (Å²) in [5, 5.41) is 15.0. The molecule has 1 aromatic heterocycles. The van der Waals surface area contributed by atoms with E-state index in [1.54, 1.807) is 26.0 Å². The summed E-state index contributed by atoms with van der Waals surface area (Å²) in [5.74, 6) is -3.38. The molecule has 0 radical (unpaired) electrons. The molecule has 0 unspecified atom stereocenters. The zero-order valence-electron chi connectivity index (χ0n) is 26.0. The zero-order valence-corrected chi connectivity index (χ0v) is 26.0. The summed E-state index contributed by atoms with van der Waals surface area (Å²) in [6.07, 6.45) is -2.48. The molecule has 1 aromatic carbocycles. The van der Waals surface area contributed by atoms with Crippen molar-refractivity contribution in [2.75, 3.05) is 31.5 Å². The molecule has 0 saturated heterocycles. The molecule has 0 saturated carbocycles. The van der Waals surface area contributed by atoms with Crippen molar-refractivity contribution < 1.29 is 43.3 Å². The first-order valence-corrected chi connectivity index (χ1v) is 14.4. The number of aryl methyl sites for hydroxylation is 1. The number of ether oxygens (including phenoxy) is 3. The highest BCUT2D eigenvalue weighted by atomic mass is 16.6. The van der Waals surface area contributed by atoms with Crippen LogP contribution in [0.3, 0.4) is 0 Å². The molecular formula is C31H40N4O9. The van der Waals surface area contributed by atoms with Crippen LogP contribution < -0.4 is 15.4 Å². The Labute approximate surface area is 255 Å². The number of nitrogens with zero attached hydrogens (tertiary/aromatic N) is 1. The van der Waals surface area contributed by atoms with E-state index < -0.39 is 36.2 Å². The Morgan fingerprint density at radius 3 is 2.27 bits per heavy atom. The monoisotopic (exact) mass is 612 g/mol. The minimum Gasteiger partial charge on any atom is -0.449 e. The lowest BCUT2D eigenvalue weighted by molar-refractivity contribution is -0.177. The molecular weight excluding hydrogens is 572 g/mol. The van der Waals surface area contributed by atoms with Gasteiger partial charge in [0, 0.05) is 35.7 Å². The molecule has 2 heterocycles. The van der Waals surface area contributed by atoms with Gasteiger partial charge in [0.2, 0.25) is 0 Å². The molecule has 238 valence electrons. The number of aliphatic hydroxyl groups is 1. The van der Waals surface area contributed by atoms with Crippen molar-refractivity contribution in [1.29, 1.82) is 0 Å². The van der Waals surface area contributed by atoms with Crippen molar-refractivity contribution in [2.45, 2.75) is 66.8 Å². The highest BCUT2D eigenvalue weighted by Gasteiger charge is 2.29. The number of likely N-dealkylation sites (N-methyl/N-ethyl adjacent to an activating group) is 1. The van der Waals surface area contributed by atoms with Gasteiger partial charge in [0.05, 0.1) is 11.1 Å². The average molecular weight is 613 g/mol. The van der Waals surface area contributed by atoms with Gasteiger partial charge in [-0.15, -0.1) is 0 Å². The first kappa shape index (κ1) is 34.0. The van der Waals surface area contributed by atoms with Crippen molar-refractivity contribution in [3.63, 3.8) is 0 Å². The fraction of sp³-hybridized carbons (Fsp3) is 0.452. The van der Waals surface area contributed by atoms with Crippen molar-refractivity contribution in [3.05, 3.63) is 46.3 Å². The predicted molar refractivity (Wildman–Crippen MR) is 162 cm³/mol. The van der Waals surface area contributed by atoms with E-state index in [0.717, 1.165) is 19.6 Å². The quantitative estimate of drug-likeness (QED) is 0.149. The lowest BCUT2D eigenvalue weighted by atomic mass is 10.0. The number of esters is 3. The van der Waals surface area contributed by atoms with Crippen LogP contribution in [-0.2, 0) is 28.7 Å². The lowest BCUT2D eigenvalue weighted by Gasteiger charge is -2.18. The number of aliphatic hydroxyl groups excluding tert-OH is 1. The fourth-order valence-electron chi connectivity index (χ4n) is 4.57. The Kier molecular flexibility index (Phi) is 11.4. The van der Waals surface area contributed by atoms with Gasteiger partial charge in [-0.3, -0.25) is 9.59 Å². The summed E-state index contributed by atoms with van der Waals surface area (Å²) in [6.45, 7) is 14.5. The number of benzene rings is 1. The Balaban J connectivity index is 1.73. The standard InChI is InChI=1S/C31H40N4O9/c1-8-35(9-2)13-12-32-28(38)26-16(3)25(33-17(26)4)15-23-22-14-21(10-11-24(22)34-27(23)37)44-31(41)20(7)43-30(40)19(6)42-29(39)18(5)36/h10-11,14-15,18-20,33,36H,8-9,12-13H2,1-7H3,(H,32,38)(H,34,37)/b23-15-/t18-,19-,20-/m0/s1. The van der Waals surface area contributed by atoms with E-state index in [-0.39, 0.29) is 17.6 Å². The van der Waals surface area contributed by atoms with Gasteiger partial charge in [-0.25, -0.2) is 14.4 Å². The van der Waals surface area contributed by atoms with Crippen molar-refractivity contribution in [3.8, 4) is 5.75 Å². The second kappa shape index (κ2) is 14.8. The van der Waals surface area contributed by atoms with Gasteiger partial charge in [-0.1, -0.05) is 13.8 Å². The number of hydrogen-bond donors (Lipinski definition) is 4. The normalized spacial score (nSPS) is 15.3. The molecule has 0 bridgehead atoms. The first-order valence-electron chi connectivity index (χ1n) is 14.4. The van der Waals surface area contributed by atoms with E-state index in [1.165, 1.54) is 32.9 Å². The van der Waals surface area contributed by atoms with Gasteiger partial charge < -0.3 is 39.8 Å². The Morgan fingerprint density at radius 1 is 1.00 bits per heavy atom. The summed E-state index contributed by atoms with van der Waals surface area (Å²) in [7, 11) is 0. The van der Waals surface area contributed by atoms with E-state index >= 15 is 0 Å². The first-order chi connectivity index (χ1) is 20.8. The Hall–Kier alpha value is -4.49. The third-order valence-corrected chi connectivity index (χ3v) is 7.18. The van der Waals surface area contributed by atoms with Gasteiger partial charge in [0.25, 0.3) is 11.8 Å². The van der Waals surface area contributed by atoms with E-state index in [1.807, 2.05) is 0 Å². The molecule has 1 aliphatic heterocycles. The molecule has 0 aliphatic carbocycles. The van der Waals surface area contributed by atoms with Gasteiger partial charge in [0.1, 0.15) is 11.9 Å². The van der Waals surface area contributed by atoms with E-state index in [4.69, 9.17) is 14.2 Å². The van der Waals surface area contributed by atoms with Crippen LogP contribution in [0.15, 0.2) is 18.2 Å². The lowest BCUT2D eigenvalue weighted by Crippen LogP contribution is -2.35. The smallest absolute Gasteiger partial charge is 0.352 e. The van der Waals surface area contributed by atoms with Crippen LogP contribution in [0.4, 0.5) is 5.69 Å². The average Bonchev–Trinajstić information content (AvgIpc) is 3.44. The number of H-pyrrole nitrogens is 1. The number of fused-ring (bicyclic) bond motifs is 1. The highest BCUT2D eigenvalue weighted by molar-refractivity contribution is 6.35. The molecule has 4 N–H and O–H groups in total. The second-order valence-corrected chi connectivity index (χ2v) is 10.4. The number of carbonyl (C=O) groups excluding carboxylic acids is 5. The molecule has 0 spiro atoms. The zero-order chi connectivity index (χ0) is 32.7. The van der Waals surface area contributed by atoms with Crippen LogP contribution in [0.1, 0.15) is 67.5 Å². The number of carbonyl (C=O) groups is 5. The minimum atomic E-state index is -1.42. The number of aromatic nitrogens is 1. The molecule has 13 heteroatoms. The molecule has 1 aliphatic rings. The maximum atomic E-state index is 13.0. The SMILES string of the molecule is CCN(CC)CCNC(=O)c1c(C)[nH]c(/C=C2\C(=O)Nc3ccc(OC(=O)[C@H](C)OC(=O)[C@H](C)OC(=O)[C@H](C)O)cc32)c1C. The van der Waals surface area contributed by atoms with Gasteiger partial charge >= 0.3 is 17.9 Å². The largest absolute Gasteiger partial charge is 0.449 e. The van der Waals surface area contributed by atoms with Crippen molar-refractivity contribution in [1.82, 2.24) is 15.2 Å². The minimum absolute atomic E-state index is 0.0975. The fourth-order valence-corrected chi connectivity index (χ4v) is 4.57. The molecule has 2 aromatic rings. The van der Waals surface area contributed by atoms with Gasteiger partial charge in [-0.05, 0) is 77.5 Å².